The first-order valence-corrected chi connectivity index (χ1v) is 10.8. The van der Waals surface area contributed by atoms with E-state index in [1.807, 2.05) is 74.5 Å². The van der Waals surface area contributed by atoms with Crippen LogP contribution in [0.25, 0.3) is 21.8 Å². The lowest BCUT2D eigenvalue weighted by Crippen LogP contribution is -2.23. The van der Waals surface area contributed by atoms with Crippen LogP contribution in [0.4, 0.5) is 0 Å². The molecule has 4 aromatic rings. The molecule has 31 heavy (non-hydrogen) atoms. The lowest BCUT2D eigenvalue weighted by atomic mass is 10.1. The summed E-state index contributed by atoms with van der Waals surface area (Å²) >= 11 is 1.28. The Kier molecular flexibility index (Phi) is 6.04. The SMILES string of the molecule is CC(C)n1nc(-c2sc(C(=O)NCc3ccccc3)nc2-c2ccccc2)ccc1=O. The van der Waals surface area contributed by atoms with Crippen molar-refractivity contribution < 1.29 is 4.79 Å². The van der Waals surface area contributed by atoms with Crippen LogP contribution in [0.15, 0.2) is 77.6 Å². The summed E-state index contributed by atoms with van der Waals surface area (Å²) in [5.41, 5.74) is 3.04. The summed E-state index contributed by atoms with van der Waals surface area (Å²) in [6.45, 7) is 4.24. The van der Waals surface area contributed by atoms with E-state index in [4.69, 9.17) is 0 Å². The van der Waals surface area contributed by atoms with Crippen LogP contribution in [0.3, 0.4) is 0 Å². The van der Waals surface area contributed by atoms with Crippen molar-refractivity contribution in [2.75, 3.05) is 0 Å². The first kappa shape index (κ1) is 20.7. The third-order valence-corrected chi connectivity index (χ3v) is 5.79. The molecule has 156 valence electrons. The van der Waals surface area contributed by atoms with Crippen molar-refractivity contribution in [3.63, 3.8) is 0 Å². The Hall–Kier alpha value is -3.58. The number of aromatic nitrogens is 3. The molecule has 0 spiro atoms. The third-order valence-electron chi connectivity index (χ3n) is 4.71. The fourth-order valence-corrected chi connectivity index (χ4v) is 4.12. The molecule has 0 aliphatic rings. The molecule has 2 aromatic carbocycles. The van der Waals surface area contributed by atoms with E-state index in [1.165, 1.54) is 22.1 Å². The summed E-state index contributed by atoms with van der Waals surface area (Å²) in [5.74, 6) is -0.241. The molecule has 0 aliphatic heterocycles. The summed E-state index contributed by atoms with van der Waals surface area (Å²) in [5, 5.41) is 7.82. The van der Waals surface area contributed by atoms with Crippen molar-refractivity contribution in [2.24, 2.45) is 0 Å². The predicted molar refractivity (Wildman–Crippen MR) is 123 cm³/mol. The average molecular weight is 431 g/mol. The molecule has 0 atom stereocenters. The van der Waals surface area contributed by atoms with Gasteiger partial charge in [-0.05, 0) is 25.5 Å². The Morgan fingerprint density at radius 1 is 1.00 bits per heavy atom. The maximum atomic E-state index is 12.8. The third kappa shape index (κ3) is 4.62. The second-order valence-corrected chi connectivity index (χ2v) is 8.33. The van der Waals surface area contributed by atoms with Gasteiger partial charge in [-0.25, -0.2) is 9.67 Å². The molecule has 0 fully saturated rings. The van der Waals surface area contributed by atoms with Gasteiger partial charge in [-0.15, -0.1) is 11.3 Å². The fourth-order valence-electron chi connectivity index (χ4n) is 3.15. The number of nitrogens with zero attached hydrogens (tertiary/aromatic N) is 3. The monoisotopic (exact) mass is 430 g/mol. The van der Waals surface area contributed by atoms with Crippen molar-refractivity contribution in [3.05, 3.63) is 93.7 Å². The van der Waals surface area contributed by atoms with Gasteiger partial charge < -0.3 is 5.32 Å². The van der Waals surface area contributed by atoms with Crippen LogP contribution in [-0.4, -0.2) is 20.7 Å². The minimum Gasteiger partial charge on any atom is -0.346 e. The molecule has 0 saturated heterocycles. The van der Waals surface area contributed by atoms with Crippen LogP contribution in [-0.2, 0) is 6.54 Å². The largest absolute Gasteiger partial charge is 0.346 e. The molecule has 0 saturated carbocycles. The smallest absolute Gasteiger partial charge is 0.280 e. The van der Waals surface area contributed by atoms with E-state index in [-0.39, 0.29) is 17.5 Å². The number of benzene rings is 2. The van der Waals surface area contributed by atoms with E-state index in [0.717, 1.165) is 16.0 Å². The van der Waals surface area contributed by atoms with Gasteiger partial charge >= 0.3 is 0 Å². The van der Waals surface area contributed by atoms with E-state index in [1.54, 1.807) is 6.07 Å². The molecule has 7 heteroatoms. The summed E-state index contributed by atoms with van der Waals surface area (Å²) in [6.07, 6.45) is 0. The zero-order valence-corrected chi connectivity index (χ0v) is 18.1. The number of amides is 1. The number of nitrogens with one attached hydrogen (secondary N) is 1. The molecule has 0 aliphatic carbocycles. The minimum absolute atomic E-state index is 0.0748. The summed E-state index contributed by atoms with van der Waals surface area (Å²) < 4.78 is 1.44. The molecule has 4 rings (SSSR count). The van der Waals surface area contributed by atoms with E-state index >= 15 is 0 Å². The van der Waals surface area contributed by atoms with Crippen molar-refractivity contribution >= 4 is 17.2 Å². The molecule has 6 nitrogen and oxygen atoms in total. The number of thiazole rings is 1. The summed E-state index contributed by atoms with van der Waals surface area (Å²) in [7, 11) is 0. The van der Waals surface area contributed by atoms with E-state index in [9.17, 15) is 9.59 Å². The van der Waals surface area contributed by atoms with Gasteiger partial charge in [-0.3, -0.25) is 9.59 Å². The molecular formula is C24H22N4O2S. The van der Waals surface area contributed by atoms with Crippen LogP contribution < -0.4 is 10.9 Å². The van der Waals surface area contributed by atoms with Gasteiger partial charge in [0.15, 0.2) is 5.01 Å². The van der Waals surface area contributed by atoms with Crippen molar-refractivity contribution in [1.29, 1.82) is 0 Å². The van der Waals surface area contributed by atoms with E-state index in [0.29, 0.717) is 22.9 Å². The van der Waals surface area contributed by atoms with Crippen LogP contribution in [0.2, 0.25) is 0 Å². The predicted octanol–water partition coefficient (Wildman–Crippen LogP) is 4.54. The fraction of sp³-hybridized carbons (Fsp3) is 0.167. The Morgan fingerprint density at radius 2 is 1.68 bits per heavy atom. The normalized spacial score (nSPS) is 10.9. The number of hydrogen-bond donors (Lipinski definition) is 1. The van der Waals surface area contributed by atoms with Crippen molar-refractivity contribution in [1.82, 2.24) is 20.1 Å². The Bertz CT molecular complexity index is 1250. The topological polar surface area (TPSA) is 76.9 Å². The quantitative estimate of drug-likeness (QED) is 0.487. The van der Waals surface area contributed by atoms with Crippen molar-refractivity contribution in [2.45, 2.75) is 26.4 Å². The highest BCUT2D eigenvalue weighted by atomic mass is 32.1. The molecule has 1 N–H and O–H groups in total. The number of carbonyl (C=O) groups is 1. The lowest BCUT2D eigenvalue weighted by molar-refractivity contribution is 0.0950. The molecule has 0 bridgehead atoms. The van der Waals surface area contributed by atoms with Crippen molar-refractivity contribution in [3.8, 4) is 21.8 Å². The van der Waals surface area contributed by atoms with Gasteiger partial charge in [0.05, 0.1) is 16.6 Å². The summed E-state index contributed by atoms with van der Waals surface area (Å²) in [6, 6.07) is 22.5. The highest BCUT2D eigenvalue weighted by Gasteiger charge is 2.21. The van der Waals surface area contributed by atoms with Gasteiger partial charge in [0.1, 0.15) is 5.69 Å². The maximum Gasteiger partial charge on any atom is 0.280 e. The number of carbonyl (C=O) groups excluding carboxylic acids is 1. The Balaban J connectivity index is 1.72. The van der Waals surface area contributed by atoms with E-state index < -0.39 is 0 Å². The first-order chi connectivity index (χ1) is 15.0. The second kappa shape index (κ2) is 9.06. The van der Waals surface area contributed by atoms with Gasteiger partial charge in [0.2, 0.25) is 0 Å². The molecule has 2 aromatic heterocycles. The number of rotatable bonds is 6. The zero-order valence-electron chi connectivity index (χ0n) is 17.3. The minimum atomic E-state index is -0.241. The lowest BCUT2D eigenvalue weighted by Gasteiger charge is -2.09. The van der Waals surface area contributed by atoms with Gasteiger partial charge in [0, 0.05) is 18.2 Å². The van der Waals surface area contributed by atoms with Crippen LogP contribution in [0, 0.1) is 0 Å². The highest BCUT2D eigenvalue weighted by Crippen LogP contribution is 2.35. The standard InChI is InChI=1S/C24H22N4O2S/c1-16(2)28-20(29)14-13-19(27-28)22-21(18-11-7-4-8-12-18)26-24(31-22)23(30)25-15-17-9-5-3-6-10-17/h3-14,16H,15H2,1-2H3,(H,25,30). The Labute approximate surface area is 184 Å². The van der Waals surface area contributed by atoms with Gasteiger partial charge in [-0.1, -0.05) is 60.7 Å². The Morgan fingerprint density at radius 3 is 2.35 bits per heavy atom. The number of hydrogen-bond acceptors (Lipinski definition) is 5. The first-order valence-electron chi connectivity index (χ1n) is 10.0. The summed E-state index contributed by atoms with van der Waals surface area (Å²) in [4.78, 5) is 30.4. The molecule has 0 unspecified atom stereocenters. The van der Waals surface area contributed by atoms with Crippen LogP contribution >= 0.6 is 11.3 Å². The van der Waals surface area contributed by atoms with E-state index in [2.05, 4.69) is 15.4 Å². The zero-order chi connectivity index (χ0) is 21.8. The molecule has 0 radical (unpaired) electrons. The van der Waals surface area contributed by atoms with Crippen LogP contribution in [0.1, 0.15) is 35.3 Å². The highest BCUT2D eigenvalue weighted by molar-refractivity contribution is 7.17. The maximum absolute atomic E-state index is 12.8. The molecular weight excluding hydrogens is 408 g/mol. The average Bonchev–Trinajstić information content (AvgIpc) is 3.24. The van der Waals surface area contributed by atoms with Gasteiger partial charge in [-0.2, -0.15) is 5.10 Å². The second-order valence-electron chi connectivity index (χ2n) is 7.33. The molecule has 1 amide bonds. The van der Waals surface area contributed by atoms with Crippen LogP contribution in [0.5, 0.6) is 0 Å². The van der Waals surface area contributed by atoms with Gasteiger partial charge in [0.25, 0.3) is 11.5 Å². The molecule has 2 heterocycles.